The predicted molar refractivity (Wildman–Crippen MR) is 97.8 cm³/mol. The van der Waals surface area contributed by atoms with Gasteiger partial charge in [0.25, 0.3) is 0 Å². The van der Waals surface area contributed by atoms with E-state index < -0.39 is 0 Å². The van der Waals surface area contributed by atoms with Crippen LogP contribution < -0.4 is 16.2 Å². The zero-order valence-corrected chi connectivity index (χ0v) is 14.7. The fourth-order valence-corrected chi connectivity index (χ4v) is 2.72. The van der Waals surface area contributed by atoms with Crippen LogP contribution in [0.2, 0.25) is 0 Å². The summed E-state index contributed by atoms with van der Waals surface area (Å²) in [6.07, 6.45) is 2.63. The van der Waals surface area contributed by atoms with Crippen LogP contribution in [-0.2, 0) is 9.59 Å². The first-order valence-electron chi connectivity index (χ1n) is 8.03. The molecule has 0 unspecified atom stereocenters. The third-order valence-electron chi connectivity index (χ3n) is 3.23. The van der Waals surface area contributed by atoms with Crippen molar-refractivity contribution in [1.29, 1.82) is 0 Å². The molecule has 0 radical (unpaired) electrons. The maximum atomic E-state index is 11.6. The topological polar surface area (TPSA) is 83.1 Å². The summed E-state index contributed by atoms with van der Waals surface area (Å²) < 4.78 is 0. The molecule has 1 aromatic heterocycles. The summed E-state index contributed by atoms with van der Waals surface area (Å²) >= 11 is 1.42. The predicted octanol–water partition coefficient (Wildman–Crippen LogP) is 3.79. The molecular formula is C17H22N4O2S. The number of benzene rings is 1. The van der Waals surface area contributed by atoms with Crippen molar-refractivity contribution in [2.75, 3.05) is 10.7 Å². The molecule has 1 aromatic carbocycles. The van der Waals surface area contributed by atoms with Crippen LogP contribution in [0.1, 0.15) is 39.5 Å². The van der Waals surface area contributed by atoms with E-state index in [0.717, 1.165) is 29.8 Å². The molecule has 7 heteroatoms. The molecule has 0 aliphatic heterocycles. The summed E-state index contributed by atoms with van der Waals surface area (Å²) in [5, 5.41) is 5.40. The SMILES string of the molecule is CCCC(=O)NNc1nc(-c2ccc(NC(=O)CCC)cc2)cs1. The number of carbonyl (C=O) groups excluding carboxylic acids is 2. The van der Waals surface area contributed by atoms with Crippen molar-refractivity contribution in [3.05, 3.63) is 29.6 Å². The van der Waals surface area contributed by atoms with Crippen LogP contribution in [-0.4, -0.2) is 16.8 Å². The highest BCUT2D eigenvalue weighted by Gasteiger charge is 2.06. The van der Waals surface area contributed by atoms with Gasteiger partial charge in [-0.2, -0.15) is 0 Å². The van der Waals surface area contributed by atoms with E-state index in [-0.39, 0.29) is 11.8 Å². The molecule has 2 amide bonds. The quantitative estimate of drug-likeness (QED) is 0.635. The second-order valence-electron chi connectivity index (χ2n) is 5.34. The standard InChI is InChI=1S/C17H22N4O2S/c1-3-5-15(22)18-13-9-7-12(8-10-13)14-11-24-17(19-14)21-20-16(23)6-4-2/h7-11H,3-6H2,1-2H3,(H,18,22)(H,19,21)(H,20,23). The molecule has 0 aliphatic rings. The first kappa shape index (κ1) is 17.9. The fraction of sp³-hybridized carbons (Fsp3) is 0.353. The molecule has 2 aromatic rings. The first-order valence-corrected chi connectivity index (χ1v) is 8.91. The van der Waals surface area contributed by atoms with Gasteiger partial charge < -0.3 is 5.32 Å². The molecule has 0 aliphatic carbocycles. The highest BCUT2D eigenvalue weighted by Crippen LogP contribution is 2.25. The van der Waals surface area contributed by atoms with Gasteiger partial charge in [-0.3, -0.25) is 20.4 Å². The number of nitrogens with zero attached hydrogens (tertiary/aromatic N) is 1. The van der Waals surface area contributed by atoms with Crippen molar-refractivity contribution in [3.8, 4) is 11.3 Å². The van der Waals surface area contributed by atoms with E-state index in [4.69, 9.17) is 0 Å². The number of anilines is 2. The number of hydrogen-bond acceptors (Lipinski definition) is 5. The zero-order valence-electron chi connectivity index (χ0n) is 13.9. The van der Waals surface area contributed by atoms with Gasteiger partial charge >= 0.3 is 0 Å². The lowest BCUT2D eigenvalue weighted by molar-refractivity contribution is -0.120. The Morgan fingerprint density at radius 3 is 2.38 bits per heavy atom. The number of hydrazine groups is 1. The van der Waals surface area contributed by atoms with Crippen LogP contribution in [0.25, 0.3) is 11.3 Å². The van der Waals surface area contributed by atoms with Crippen LogP contribution >= 0.6 is 11.3 Å². The lowest BCUT2D eigenvalue weighted by Gasteiger charge is -2.05. The minimum absolute atomic E-state index is 0.0215. The summed E-state index contributed by atoms with van der Waals surface area (Å²) in [5.41, 5.74) is 7.99. The van der Waals surface area contributed by atoms with E-state index in [1.807, 2.05) is 43.5 Å². The van der Waals surface area contributed by atoms with Crippen LogP contribution in [0.15, 0.2) is 29.6 Å². The van der Waals surface area contributed by atoms with Gasteiger partial charge in [0, 0.05) is 29.5 Å². The Hall–Kier alpha value is -2.41. The molecule has 6 nitrogen and oxygen atoms in total. The minimum atomic E-state index is -0.0542. The molecule has 0 atom stereocenters. The van der Waals surface area contributed by atoms with Crippen LogP contribution in [0.3, 0.4) is 0 Å². The van der Waals surface area contributed by atoms with E-state index >= 15 is 0 Å². The molecule has 0 fully saturated rings. The van der Waals surface area contributed by atoms with Crippen LogP contribution in [0.5, 0.6) is 0 Å². The molecule has 128 valence electrons. The molecule has 2 rings (SSSR count). The van der Waals surface area contributed by atoms with Crippen molar-refractivity contribution in [2.24, 2.45) is 0 Å². The van der Waals surface area contributed by atoms with Gasteiger partial charge in [-0.1, -0.05) is 26.0 Å². The smallest absolute Gasteiger partial charge is 0.238 e. The van der Waals surface area contributed by atoms with Crippen molar-refractivity contribution < 1.29 is 9.59 Å². The number of amides is 2. The summed E-state index contributed by atoms with van der Waals surface area (Å²) in [4.78, 5) is 27.5. The lowest BCUT2D eigenvalue weighted by atomic mass is 10.1. The molecule has 1 heterocycles. The molecule has 0 saturated carbocycles. The minimum Gasteiger partial charge on any atom is -0.326 e. The highest BCUT2D eigenvalue weighted by atomic mass is 32.1. The summed E-state index contributed by atoms with van der Waals surface area (Å²) in [7, 11) is 0. The van der Waals surface area contributed by atoms with E-state index in [2.05, 4.69) is 21.2 Å². The normalized spacial score (nSPS) is 10.2. The third-order valence-corrected chi connectivity index (χ3v) is 3.99. The Morgan fingerprint density at radius 2 is 1.71 bits per heavy atom. The van der Waals surface area contributed by atoms with E-state index in [1.165, 1.54) is 11.3 Å². The largest absolute Gasteiger partial charge is 0.326 e. The Kier molecular flexibility index (Phi) is 6.74. The van der Waals surface area contributed by atoms with Gasteiger partial charge in [0.05, 0.1) is 5.69 Å². The number of aromatic nitrogens is 1. The highest BCUT2D eigenvalue weighted by molar-refractivity contribution is 7.14. The molecule has 3 N–H and O–H groups in total. The van der Waals surface area contributed by atoms with Gasteiger partial charge in [0.1, 0.15) is 0 Å². The number of nitrogens with one attached hydrogen (secondary N) is 3. The second kappa shape index (κ2) is 9.02. The third kappa shape index (κ3) is 5.34. The van der Waals surface area contributed by atoms with Gasteiger partial charge in [-0.15, -0.1) is 11.3 Å². The summed E-state index contributed by atoms with van der Waals surface area (Å²) in [6.45, 7) is 3.93. The Morgan fingerprint density at radius 1 is 1.04 bits per heavy atom. The van der Waals surface area contributed by atoms with Crippen LogP contribution in [0, 0.1) is 0 Å². The van der Waals surface area contributed by atoms with Crippen molar-refractivity contribution in [3.63, 3.8) is 0 Å². The maximum Gasteiger partial charge on any atom is 0.238 e. The average Bonchev–Trinajstić information content (AvgIpc) is 3.03. The molecule has 0 spiro atoms. The Balaban J connectivity index is 1.94. The molecule has 0 bridgehead atoms. The van der Waals surface area contributed by atoms with Gasteiger partial charge in [0.15, 0.2) is 0 Å². The summed E-state index contributed by atoms with van der Waals surface area (Å²) in [5.74, 6) is -0.0327. The van der Waals surface area contributed by atoms with E-state index in [1.54, 1.807) is 0 Å². The maximum absolute atomic E-state index is 11.6. The van der Waals surface area contributed by atoms with E-state index in [0.29, 0.717) is 18.0 Å². The Labute approximate surface area is 145 Å². The fourth-order valence-electron chi connectivity index (χ4n) is 2.05. The second-order valence-corrected chi connectivity index (χ2v) is 6.19. The number of hydrogen-bond donors (Lipinski definition) is 3. The van der Waals surface area contributed by atoms with Gasteiger partial charge in [-0.05, 0) is 25.0 Å². The molecule has 24 heavy (non-hydrogen) atoms. The van der Waals surface area contributed by atoms with Crippen molar-refractivity contribution in [2.45, 2.75) is 39.5 Å². The van der Waals surface area contributed by atoms with Gasteiger partial charge in [-0.25, -0.2) is 4.98 Å². The van der Waals surface area contributed by atoms with Crippen molar-refractivity contribution >= 4 is 34.0 Å². The first-order chi connectivity index (χ1) is 11.6. The number of thiazole rings is 1. The zero-order chi connectivity index (χ0) is 17.4. The summed E-state index contributed by atoms with van der Waals surface area (Å²) in [6, 6.07) is 7.54. The van der Waals surface area contributed by atoms with E-state index in [9.17, 15) is 9.59 Å². The monoisotopic (exact) mass is 346 g/mol. The number of rotatable bonds is 8. The average molecular weight is 346 g/mol. The van der Waals surface area contributed by atoms with Crippen LogP contribution in [0.4, 0.5) is 10.8 Å². The lowest BCUT2D eigenvalue weighted by Crippen LogP contribution is -2.28. The number of carbonyl (C=O) groups is 2. The Bertz CT molecular complexity index is 682. The molecular weight excluding hydrogens is 324 g/mol. The molecule has 0 saturated heterocycles. The van der Waals surface area contributed by atoms with Gasteiger partial charge in [0.2, 0.25) is 16.9 Å². The van der Waals surface area contributed by atoms with Crippen molar-refractivity contribution in [1.82, 2.24) is 10.4 Å².